The van der Waals surface area contributed by atoms with Crippen LogP contribution in [0.3, 0.4) is 0 Å². The number of thioether (sulfide) groups is 1. The normalized spacial score (nSPS) is 11.4. The quantitative estimate of drug-likeness (QED) is 0.608. The number of benzene rings is 1. The molecule has 3 nitrogen and oxygen atoms in total. The third-order valence-corrected chi connectivity index (χ3v) is 3.67. The van der Waals surface area contributed by atoms with Crippen molar-refractivity contribution in [1.82, 2.24) is 5.48 Å². The van der Waals surface area contributed by atoms with Crippen molar-refractivity contribution in [3.05, 3.63) is 34.9 Å². The number of halogens is 1. The molecule has 0 radical (unpaired) electrons. The smallest absolute Gasteiger partial charge is 0.325 e. The number of hydrogen-bond acceptors (Lipinski definition) is 4. The molecule has 0 aliphatic heterocycles. The lowest BCUT2D eigenvalue weighted by Gasteiger charge is -2.16. The van der Waals surface area contributed by atoms with Crippen LogP contribution in [0.2, 0.25) is 5.02 Å². The van der Waals surface area contributed by atoms with Crippen molar-refractivity contribution in [2.75, 3.05) is 12.3 Å². The summed E-state index contributed by atoms with van der Waals surface area (Å²) in [4.78, 5) is 16.4. The van der Waals surface area contributed by atoms with Gasteiger partial charge in [0.25, 0.3) is 0 Å². The molecule has 0 atom stereocenters. The molecule has 0 saturated carbocycles. The highest BCUT2D eigenvalue weighted by Crippen LogP contribution is 2.18. The first-order valence-corrected chi connectivity index (χ1v) is 8.15. The van der Waals surface area contributed by atoms with Gasteiger partial charge in [0.15, 0.2) is 0 Å². The second-order valence-corrected chi connectivity index (χ2v) is 7.33. The Morgan fingerprint density at radius 2 is 1.95 bits per heavy atom. The van der Waals surface area contributed by atoms with Crippen LogP contribution in [0.5, 0.6) is 0 Å². The van der Waals surface area contributed by atoms with Gasteiger partial charge in [0.1, 0.15) is 0 Å². The molecule has 0 amide bonds. The summed E-state index contributed by atoms with van der Waals surface area (Å²) in [6.07, 6.45) is 0.415. The Labute approximate surface area is 130 Å². The van der Waals surface area contributed by atoms with Gasteiger partial charge in [-0.15, -0.1) is 0 Å². The van der Waals surface area contributed by atoms with Crippen molar-refractivity contribution in [3.8, 4) is 0 Å². The summed E-state index contributed by atoms with van der Waals surface area (Å²) in [5.41, 5.74) is 3.91. The Morgan fingerprint density at radius 3 is 2.55 bits per heavy atom. The van der Waals surface area contributed by atoms with Crippen LogP contribution in [-0.2, 0) is 15.4 Å². The molecule has 0 fully saturated rings. The first kappa shape index (κ1) is 17.3. The van der Waals surface area contributed by atoms with Gasteiger partial charge in [-0.3, -0.25) is 4.79 Å². The first-order valence-electron chi connectivity index (χ1n) is 6.61. The van der Waals surface area contributed by atoms with Crippen molar-refractivity contribution < 1.29 is 9.63 Å². The van der Waals surface area contributed by atoms with Crippen LogP contribution < -0.4 is 5.48 Å². The maximum atomic E-state index is 11.4. The van der Waals surface area contributed by atoms with Gasteiger partial charge >= 0.3 is 5.97 Å². The van der Waals surface area contributed by atoms with Gasteiger partial charge in [0.2, 0.25) is 0 Å². The molecule has 1 N–H and O–H groups in total. The van der Waals surface area contributed by atoms with Crippen LogP contribution in [0.25, 0.3) is 0 Å². The lowest BCUT2D eigenvalue weighted by molar-refractivity contribution is -0.152. The van der Waals surface area contributed by atoms with E-state index in [2.05, 4.69) is 5.48 Å². The second-order valence-electron chi connectivity index (χ2n) is 5.78. The van der Waals surface area contributed by atoms with Crippen LogP contribution in [0, 0.1) is 5.41 Å². The van der Waals surface area contributed by atoms with Crippen molar-refractivity contribution in [3.63, 3.8) is 0 Å². The van der Waals surface area contributed by atoms with E-state index in [0.717, 1.165) is 16.5 Å². The summed E-state index contributed by atoms with van der Waals surface area (Å²) in [5.74, 6) is 1.60. The van der Waals surface area contributed by atoms with E-state index >= 15 is 0 Å². The Balaban J connectivity index is 2.05. The number of carbonyl (C=O) groups is 1. The molecule has 0 aliphatic carbocycles. The Kier molecular flexibility index (Phi) is 7.41. The summed E-state index contributed by atoms with van der Waals surface area (Å²) >= 11 is 7.60. The third kappa shape index (κ3) is 8.46. The molecular weight excluding hydrogens is 294 g/mol. The standard InChI is InChI=1S/C15H22ClNO2S/c1-15(2,3)10-14(18)19-17-8-9-20-11-12-4-6-13(16)7-5-12/h4-7,17H,8-11H2,1-3H3. The number of carbonyl (C=O) groups excluding carboxylic acids is 1. The molecule has 5 heteroatoms. The van der Waals surface area contributed by atoms with E-state index in [0.29, 0.717) is 13.0 Å². The average Bonchev–Trinajstić information content (AvgIpc) is 2.33. The minimum Gasteiger partial charge on any atom is -0.371 e. The number of hydrogen-bond donors (Lipinski definition) is 1. The molecule has 1 aromatic carbocycles. The van der Waals surface area contributed by atoms with Crippen LogP contribution in [0.4, 0.5) is 0 Å². The molecule has 0 unspecified atom stereocenters. The number of hydroxylamine groups is 1. The van der Waals surface area contributed by atoms with Gasteiger partial charge in [0, 0.05) is 23.1 Å². The van der Waals surface area contributed by atoms with Crippen LogP contribution in [0.15, 0.2) is 24.3 Å². The summed E-state index contributed by atoms with van der Waals surface area (Å²) in [6, 6.07) is 7.83. The molecule has 0 aliphatic rings. The molecule has 1 rings (SSSR count). The molecule has 20 heavy (non-hydrogen) atoms. The monoisotopic (exact) mass is 315 g/mol. The second kappa shape index (κ2) is 8.55. The lowest BCUT2D eigenvalue weighted by atomic mass is 9.93. The molecular formula is C15H22ClNO2S. The zero-order valence-corrected chi connectivity index (χ0v) is 13.8. The van der Waals surface area contributed by atoms with Crippen LogP contribution in [-0.4, -0.2) is 18.3 Å². The fourth-order valence-electron chi connectivity index (χ4n) is 1.49. The molecule has 0 bridgehead atoms. The lowest BCUT2D eigenvalue weighted by Crippen LogP contribution is -2.25. The minimum atomic E-state index is -0.208. The van der Waals surface area contributed by atoms with Crippen molar-refractivity contribution in [2.45, 2.75) is 32.9 Å². The van der Waals surface area contributed by atoms with Gasteiger partial charge in [0.05, 0.1) is 6.42 Å². The van der Waals surface area contributed by atoms with Gasteiger partial charge < -0.3 is 4.84 Å². The first-order chi connectivity index (χ1) is 9.37. The topological polar surface area (TPSA) is 38.3 Å². The Bertz CT molecular complexity index is 415. The average molecular weight is 316 g/mol. The third-order valence-electron chi connectivity index (χ3n) is 2.39. The SMILES string of the molecule is CC(C)(C)CC(=O)ONCCSCc1ccc(Cl)cc1. The molecule has 112 valence electrons. The van der Waals surface area contributed by atoms with E-state index in [1.807, 2.05) is 45.0 Å². The zero-order valence-electron chi connectivity index (χ0n) is 12.2. The molecule has 0 spiro atoms. The minimum absolute atomic E-state index is 0.0396. The predicted molar refractivity (Wildman–Crippen MR) is 85.8 cm³/mol. The van der Waals surface area contributed by atoms with E-state index in [1.54, 1.807) is 11.8 Å². The highest BCUT2D eigenvalue weighted by atomic mass is 35.5. The van der Waals surface area contributed by atoms with E-state index < -0.39 is 0 Å². The highest BCUT2D eigenvalue weighted by Gasteiger charge is 2.16. The van der Waals surface area contributed by atoms with Crippen molar-refractivity contribution in [1.29, 1.82) is 0 Å². The number of rotatable bonds is 7. The molecule has 1 aromatic rings. The van der Waals surface area contributed by atoms with Gasteiger partial charge in [-0.2, -0.15) is 17.2 Å². The number of nitrogens with one attached hydrogen (secondary N) is 1. The van der Waals surface area contributed by atoms with Crippen LogP contribution >= 0.6 is 23.4 Å². The summed E-state index contributed by atoms with van der Waals surface area (Å²) in [6.45, 7) is 6.68. The maximum absolute atomic E-state index is 11.4. The summed E-state index contributed by atoms with van der Waals surface area (Å²) < 4.78 is 0. The van der Waals surface area contributed by atoms with E-state index in [9.17, 15) is 4.79 Å². The highest BCUT2D eigenvalue weighted by molar-refractivity contribution is 7.98. The predicted octanol–water partition coefficient (Wildman–Crippen LogP) is 4.06. The molecule has 0 heterocycles. The maximum Gasteiger partial charge on any atom is 0.325 e. The van der Waals surface area contributed by atoms with Crippen molar-refractivity contribution >= 4 is 29.3 Å². The van der Waals surface area contributed by atoms with Crippen molar-refractivity contribution in [2.24, 2.45) is 5.41 Å². The van der Waals surface area contributed by atoms with E-state index in [1.165, 1.54) is 5.56 Å². The Hall–Kier alpha value is -0.710. The Morgan fingerprint density at radius 1 is 1.30 bits per heavy atom. The van der Waals surface area contributed by atoms with E-state index in [4.69, 9.17) is 16.4 Å². The van der Waals surface area contributed by atoms with Gasteiger partial charge in [-0.05, 0) is 23.1 Å². The fraction of sp³-hybridized carbons (Fsp3) is 0.533. The van der Waals surface area contributed by atoms with Gasteiger partial charge in [-0.1, -0.05) is 44.5 Å². The van der Waals surface area contributed by atoms with Crippen LogP contribution in [0.1, 0.15) is 32.8 Å². The summed E-state index contributed by atoms with van der Waals surface area (Å²) in [7, 11) is 0. The van der Waals surface area contributed by atoms with Gasteiger partial charge in [-0.25, -0.2) is 0 Å². The fourth-order valence-corrected chi connectivity index (χ4v) is 2.41. The molecule has 0 aromatic heterocycles. The largest absolute Gasteiger partial charge is 0.371 e. The molecule has 0 saturated heterocycles. The van der Waals surface area contributed by atoms with E-state index in [-0.39, 0.29) is 11.4 Å². The summed E-state index contributed by atoms with van der Waals surface area (Å²) in [5, 5.41) is 0.756. The zero-order chi connectivity index (χ0) is 15.0.